The van der Waals surface area contributed by atoms with Crippen LogP contribution < -0.4 is 4.89 Å². The molecule has 0 rings (SSSR count). The van der Waals surface area contributed by atoms with Gasteiger partial charge in [0.2, 0.25) is 0 Å². The summed E-state index contributed by atoms with van der Waals surface area (Å²) < 4.78 is 34.0. The maximum Gasteiger partial charge on any atom is 0.306 e. The molecule has 0 heterocycles. The second kappa shape index (κ2) is 43.7. The number of rotatable bonds is 47. The van der Waals surface area contributed by atoms with Crippen LogP contribution in [0.2, 0.25) is 0 Å². The van der Waals surface area contributed by atoms with E-state index in [1.165, 1.54) is 154 Å². The number of esters is 2. The third-order valence-electron chi connectivity index (χ3n) is 11.2. The van der Waals surface area contributed by atoms with Gasteiger partial charge in [0.15, 0.2) is 6.10 Å². The van der Waals surface area contributed by atoms with Crippen LogP contribution in [0.25, 0.3) is 0 Å². The van der Waals surface area contributed by atoms with E-state index in [4.69, 9.17) is 18.5 Å². The van der Waals surface area contributed by atoms with E-state index in [1.54, 1.807) is 0 Å². The Balaban J connectivity index is 4.25. The van der Waals surface area contributed by atoms with Crippen LogP contribution in [0.4, 0.5) is 0 Å². The average molecular weight is 884 g/mol. The number of phosphoric ester groups is 1. The zero-order chi connectivity index (χ0) is 45.0. The van der Waals surface area contributed by atoms with Crippen molar-refractivity contribution in [1.82, 2.24) is 0 Å². The van der Waals surface area contributed by atoms with E-state index in [2.05, 4.69) is 38.2 Å². The van der Waals surface area contributed by atoms with Gasteiger partial charge in [0.25, 0.3) is 7.82 Å². The van der Waals surface area contributed by atoms with E-state index in [9.17, 15) is 19.0 Å². The number of nitrogens with zero attached hydrogens (tertiary/aromatic N) is 1. The lowest BCUT2D eigenvalue weighted by Crippen LogP contribution is -2.37. The van der Waals surface area contributed by atoms with E-state index in [-0.39, 0.29) is 32.0 Å². The summed E-state index contributed by atoms with van der Waals surface area (Å²) in [6, 6.07) is 0. The number of quaternary nitrogens is 1. The summed E-state index contributed by atoms with van der Waals surface area (Å²) in [5, 5.41) is 0. The lowest BCUT2D eigenvalue weighted by atomic mass is 10.1. The van der Waals surface area contributed by atoms with Crippen molar-refractivity contribution in [2.24, 2.45) is 0 Å². The molecule has 2 unspecified atom stereocenters. The fourth-order valence-corrected chi connectivity index (χ4v) is 7.90. The first-order valence-corrected chi connectivity index (χ1v) is 27.0. The Bertz CT molecular complexity index is 1090. The Labute approximate surface area is 377 Å². The molecule has 0 amide bonds. The molecule has 0 aliphatic heterocycles. The molecular weight excluding hydrogens is 786 g/mol. The minimum atomic E-state index is -4.63. The van der Waals surface area contributed by atoms with Gasteiger partial charge in [0.05, 0.1) is 27.7 Å². The molecule has 0 spiro atoms. The highest BCUT2D eigenvalue weighted by molar-refractivity contribution is 7.45. The highest BCUT2D eigenvalue weighted by atomic mass is 31.2. The number of unbranched alkanes of at least 4 members (excludes halogenated alkanes) is 29. The Morgan fingerprint density at radius 3 is 1.21 bits per heavy atom. The monoisotopic (exact) mass is 884 g/mol. The van der Waals surface area contributed by atoms with Crippen LogP contribution in [0.5, 0.6) is 0 Å². The number of carbonyl (C=O) groups is 2. The molecule has 0 fully saturated rings. The van der Waals surface area contributed by atoms with E-state index >= 15 is 0 Å². The molecule has 0 aliphatic rings. The molecule has 0 radical (unpaired) electrons. The SMILES string of the molecule is CCCCCCCC/C=C\CCCCCCCCCCCC(=O)OC(COC(=O)CCCCCCCCC/C=C\CCCCCCCCC)COP(=O)([O-])OCC[N+](C)(C)C. The number of hydrogen-bond donors (Lipinski definition) is 0. The first-order chi connectivity index (χ1) is 29.5. The second-order valence-corrected chi connectivity index (χ2v) is 19.9. The minimum absolute atomic E-state index is 0.0303. The van der Waals surface area contributed by atoms with Gasteiger partial charge in [0.1, 0.15) is 19.8 Å². The van der Waals surface area contributed by atoms with Gasteiger partial charge in [-0.05, 0) is 64.2 Å². The fraction of sp³-hybridized carbons (Fsp3) is 0.882. The maximum absolute atomic E-state index is 12.7. The number of carbonyl (C=O) groups excluding carboxylic acids is 2. The number of likely N-dealkylation sites (N-methyl/N-ethyl adjacent to an activating group) is 1. The zero-order valence-electron chi connectivity index (χ0n) is 40.6. The van der Waals surface area contributed by atoms with Gasteiger partial charge >= 0.3 is 11.9 Å². The molecule has 0 N–H and O–H groups in total. The molecular formula is C51H98NO8P. The molecule has 0 bridgehead atoms. The summed E-state index contributed by atoms with van der Waals surface area (Å²) in [4.78, 5) is 37.7. The van der Waals surface area contributed by atoms with Crippen molar-refractivity contribution >= 4 is 19.8 Å². The normalized spacial score (nSPS) is 13.6. The van der Waals surface area contributed by atoms with Gasteiger partial charge in [-0.1, -0.05) is 186 Å². The van der Waals surface area contributed by atoms with E-state index in [0.29, 0.717) is 17.4 Å². The molecule has 360 valence electrons. The minimum Gasteiger partial charge on any atom is -0.756 e. The Morgan fingerprint density at radius 2 is 0.836 bits per heavy atom. The number of phosphoric acid groups is 1. The van der Waals surface area contributed by atoms with Crippen LogP contribution in [0.1, 0.15) is 239 Å². The lowest BCUT2D eigenvalue weighted by Gasteiger charge is -2.28. The predicted molar refractivity (Wildman–Crippen MR) is 254 cm³/mol. The summed E-state index contributed by atoms with van der Waals surface area (Å²) in [5.74, 6) is -0.832. The molecule has 0 aliphatic carbocycles. The third-order valence-corrected chi connectivity index (χ3v) is 12.2. The fourth-order valence-electron chi connectivity index (χ4n) is 7.17. The van der Waals surface area contributed by atoms with Gasteiger partial charge in [-0.3, -0.25) is 14.2 Å². The number of hydrogen-bond acceptors (Lipinski definition) is 8. The highest BCUT2D eigenvalue weighted by Gasteiger charge is 2.21. The predicted octanol–water partition coefficient (Wildman–Crippen LogP) is 14.5. The van der Waals surface area contributed by atoms with Gasteiger partial charge in [-0.15, -0.1) is 0 Å². The molecule has 0 aromatic rings. The van der Waals surface area contributed by atoms with Gasteiger partial charge in [0, 0.05) is 12.8 Å². The molecule has 0 saturated carbocycles. The van der Waals surface area contributed by atoms with Gasteiger partial charge < -0.3 is 27.9 Å². The summed E-state index contributed by atoms with van der Waals surface area (Å²) in [5.41, 5.74) is 0. The van der Waals surface area contributed by atoms with E-state index < -0.39 is 26.5 Å². The molecule has 2 atom stereocenters. The molecule has 0 aromatic heterocycles. The van der Waals surface area contributed by atoms with Gasteiger partial charge in [-0.2, -0.15) is 0 Å². The van der Waals surface area contributed by atoms with Crippen molar-refractivity contribution in [1.29, 1.82) is 0 Å². The van der Waals surface area contributed by atoms with Crippen molar-refractivity contribution in [3.63, 3.8) is 0 Å². The quantitative estimate of drug-likeness (QED) is 0.0195. The van der Waals surface area contributed by atoms with Crippen molar-refractivity contribution in [2.45, 2.75) is 245 Å². The van der Waals surface area contributed by atoms with Crippen LogP contribution in [-0.2, 0) is 32.7 Å². The standard InChI is InChI=1S/C51H98NO8P/c1-6-8-10-12-14-16-18-20-22-24-26-28-30-32-34-36-38-40-42-44-51(54)60-49(48-59-61(55,56)58-46-45-52(3,4)5)47-57-50(53)43-41-39-37-35-33-31-29-27-25-23-21-19-17-15-13-11-9-7-2/h20,22-23,25,49H,6-19,21,24,26-48H2,1-5H3/b22-20-,25-23-. The second-order valence-electron chi connectivity index (χ2n) is 18.5. The molecule has 61 heavy (non-hydrogen) atoms. The summed E-state index contributed by atoms with van der Waals surface area (Å²) in [7, 11) is 1.17. The largest absolute Gasteiger partial charge is 0.756 e. The summed E-state index contributed by atoms with van der Waals surface area (Å²) in [6.45, 7) is 4.25. The summed E-state index contributed by atoms with van der Waals surface area (Å²) in [6.07, 6.45) is 49.1. The van der Waals surface area contributed by atoms with Crippen molar-refractivity contribution in [2.75, 3.05) is 47.5 Å². The molecule has 9 nitrogen and oxygen atoms in total. The maximum atomic E-state index is 12.7. The van der Waals surface area contributed by atoms with Crippen LogP contribution in [0, 0.1) is 0 Å². The van der Waals surface area contributed by atoms with Crippen LogP contribution in [0.3, 0.4) is 0 Å². The Morgan fingerprint density at radius 1 is 0.492 bits per heavy atom. The highest BCUT2D eigenvalue weighted by Crippen LogP contribution is 2.38. The smallest absolute Gasteiger partial charge is 0.306 e. The Hall–Kier alpha value is -1.51. The van der Waals surface area contributed by atoms with Crippen molar-refractivity contribution in [3.05, 3.63) is 24.3 Å². The first-order valence-electron chi connectivity index (χ1n) is 25.5. The topological polar surface area (TPSA) is 111 Å². The van der Waals surface area contributed by atoms with Gasteiger partial charge in [-0.25, -0.2) is 0 Å². The first kappa shape index (κ1) is 59.5. The number of allylic oxidation sites excluding steroid dienone is 4. The van der Waals surface area contributed by atoms with Crippen LogP contribution >= 0.6 is 7.82 Å². The Kier molecular flexibility index (Phi) is 42.6. The molecule has 10 heteroatoms. The molecule has 0 aromatic carbocycles. The van der Waals surface area contributed by atoms with Crippen LogP contribution in [0.15, 0.2) is 24.3 Å². The zero-order valence-corrected chi connectivity index (χ0v) is 41.5. The van der Waals surface area contributed by atoms with E-state index in [0.717, 1.165) is 51.4 Å². The number of ether oxygens (including phenoxy) is 2. The average Bonchev–Trinajstić information content (AvgIpc) is 3.21. The van der Waals surface area contributed by atoms with Crippen molar-refractivity contribution < 1.29 is 42.1 Å². The van der Waals surface area contributed by atoms with E-state index in [1.807, 2.05) is 21.1 Å². The molecule has 0 saturated heterocycles. The summed E-state index contributed by atoms with van der Waals surface area (Å²) >= 11 is 0. The van der Waals surface area contributed by atoms with Crippen LogP contribution in [-0.4, -0.2) is 70.0 Å². The third kappa shape index (κ3) is 47.8. The van der Waals surface area contributed by atoms with Crippen molar-refractivity contribution in [3.8, 4) is 0 Å². The lowest BCUT2D eigenvalue weighted by molar-refractivity contribution is -0.870.